The van der Waals surface area contributed by atoms with Crippen molar-refractivity contribution in [3.05, 3.63) is 216 Å². The lowest BCUT2D eigenvalue weighted by atomic mass is 9.82. The molecule has 1 aliphatic carbocycles. The molecule has 0 amide bonds. The fourth-order valence-corrected chi connectivity index (χ4v) is 10.3. The van der Waals surface area contributed by atoms with Crippen LogP contribution in [0.25, 0.3) is 99.5 Å². The Kier molecular flexibility index (Phi) is 7.76. The summed E-state index contributed by atoms with van der Waals surface area (Å²) in [6.07, 6.45) is 0. The predicted molar refractivity (Wildman–Crippen MR) is 257 cm³/mol. The second-order valence-electron chi connectivity index (χ2n) is 16.7. The highest BCUT2D eigenvalue weighted by atomic mass is 79.9. The van der Waals surface area contributed by atoms with Crippen molar-refractivity contribution in [2.75, 3.05) is 0 Å². The van der Waals surface area contributed by atoms with Crippen molar-refractivity contribution in [3.63, 3.8) is 0 Å². The van der Waals surface area contributed by atoms with Gasteiger partial charge in [0.25, 0.3) is 0 Å². The highest BCUT2D eigenvalue weighted by molar-refractivity contribution is 9.10. The molecule has 60 heavy (non-hydrogen) atoms. The zero-order valence-corrected chi connectivity index (χ0v) is 34.9. The molecule has 0 bridgehead atoms. The van der Waals surface area contributed by atoms with Crippen LogP contribution in [0.2, 0.25) is 0 Å². The summed E-state index contributed by atoms with van der Waals surface area (Å²) in [6.45, 7) is 4.72. The predicted octanol–water partition coefficient (Wildman–Crippen LogP) is 16.0. The molecule has 9 aromatic carbocycles. The fraction of sp³-hybridized carbons (Fsp3) is 0.0526. The number of para-hydroxylation sites is 3. The Labute approximate surface area is 357 Å². The van der Waals surface area contributed by atoms with E-state index in [0.717, 1.165) is 4.47 Å². The minimum absolute atomic E-state index is 0.0745. The van der Waals surface area contributed by atoms with Crippen molar-refractivity contribution in [2.45, 2.75) is 19.3 Å². The Morgan fingerprint density at radius 1 is 0.333 bits per heavy atom. The van der Waals surface area contributed by atoms with Gasteiger partial charge in [0.2, 0.25) is 0 Å². The van der Waals surface area contributed by atoms with Crippen LogP contribution in [0, 0.1) is 0 Å². The van der Waals surface area contributed by atoms with Gasteiger partial charge in [-0.15, -0.1) is 0 Å². The topological polar surface area (TPSA) is 9.86 Å². The number of benzene rings is 9. The third-order valence-electron chi connectivity index (χ3n) is 13.0. The van der Waals surface area contributed by atoms with E-state index in [9.17, 15) is 0 Å². The second-order valence-corrected chi connectivity index (χ2v) is 17.6. The highest BCUT2D eigenvalue weighted by Crippen LogP contribution is 2.49. The average Bonchev–Trinajstić information content (AvgIpc) is 3.89. The van der Waals surface area contributed by atoms with Crippen molar-refractivity contribution < 1.29 is 0 Å². The highest BCUT2D eigenvalue weighted by Gasteiger charge is 2.35. The van der Waals surface area contributed by atoms with E-state index >= 15 is 0 Å². The molecule has 1 aliphatic rings. The number of fused-ring (bicyclic) bond motifs is 9. The zero-order valence-electron chi connectivity index (χ0n) is 33.3. The summed E-state index contributed by atoms with van der Waals surface area (Å²) in [5, 5.41) is 5.00. The second kappa shape index (κ2) is 13.3. The smallest absolute Gasteiger partial charge is 0.0541 e. The number of hydrogen-bond acceptors (Lipinski definition) is 0. The molecule has 3 heteroatoms. The van der Waals surface area contributed by atoms with E-state index in [-0.39, 0.29) is 5.41 Å². The summed E-state index contributed by atoms with van der Waals surface area (Å²) < 4.78 is 5.91. The van der Waals surface area contributed by atoms with E-state index in [0.29, 0.717) is 0 Å². The quantitative estimate of drug-likeness (QED) is 0.164. The van der Waals surface area contributed by atoms with Crippen LogP contribution in [0.4, 0.5) is 0 Å². The normalized spacial score (nSPS) is 13.1. The third kappa shape index (κ3) is 5.32. The summed E-state index contributed by atoms with van der Waals surface area (Å²) in [7, 11) is 0. The maximum Gasteiger partial charge on any atom is 0.0541 e. The van der Waals surface area contributed by atoms with Crippen LogP contribution in [0.3, 0.4) is 0 Å². The van der Waals surface area contributed by atoms with E-state index in [2.05, 4.69) is 239 Å². The summed E-state index contributed by atoms with van der Waals surface area (Å²) in [6, 6.07) is 74.0. The van der Waals surface area contributed by atoms with E-state index in [4.69, 9.17) is 0 Å². The monoisotopic (exact) mass is 830 g/mol. The lowest BCUT2D eigenvalue weighted by molar-refractivity contribution is 0.660. The van der Waals surface area contributed by atoms with E-state index in [1.165, 1.54) is 111 Å². The largest absolute Gasteiger partial charge is 0.309 e. The molecule has 0 atom stereocenters. The van der Waals surface area contributed by atoms with Gasteiger partial charge in [0, 0.05) is 42.8 Å². The van der Waals surface area contributed by atoms with Crippen molar-refractivity contribution >= 4 is 59.5 Å². The van der Waals surface area contributed by atoms with Crippen LogP contribution in [-0.2, 0) is 5.41 Å². The van der Waals surface area contributed by atoms with Crippen LogP contribution in [0.15, 0.2) is 205 Å². The van der Waals surface area contributed by atoms with Gasteiger partial charge in [-0.25, -0.2) is 0 Å². The van der Waals surface area contributed by atoms with E-state index in [1.807, 2.05) is 0 Å². The summed E-state index contributed by atoms with van der Waals surface area (Å²) in [5.74, 6) is 0. The summed E-state index contributed by atoms with van der Waals surface area (Å²) >= 11 is 3.67. The number of halogens is 1. The number of hydrogen-bond donors (Lipinski definition) is 0. The molecule has 0 saturated carbocycles. The molecule has 2 heterocycles. The Bertz CT molecular complexity index is 3510. The first-order chi connectivity index (χ1) is 29.4. The Morgan fingerprint density at radius 2 is 0.817 bits per heavy atom. The molecule has 284 valence electrons. The van der Waals surface area contributed by atoms with Crippen molar-refractivity contribution in [3.8, 4) is 55.9 Å². The number of nitrogens with zero attached hydrogens (tertiary/aromatic N) is 2. The standard InChI is InChI=1S/C57H39BrN2/c1-57(2)51-17-9-6-14-45(51)46-27-26-44(35-52(46)57)60-54-19-11-8-16-48(54)50-34-38(23-29-56(50)60)41-31-39(36-20-24-42(58)25-21-36)30-40(32-41)37-22-28-55-49(33-37)47-15-7-10-18-53(47)59(55)43-12-4-3-5-13-43/h3-35H,1-2H3. The van der Waals surface area contributed by atoms with Gasteiger partial charge < -0.3 is 9.13 Å². The molecular weight excluding hydrogens is 793 g/mol. The molecule has 0 fully saturated rings. The van der Waals surface area contributed by atoms with Gasteiger partial charge in [0.1, 0.15) is 0 Å². The van der Waals surface area contributed by atoms with Crippen molar-refractivity contribution in [1.82, 2.24) is 9.13 Å². The van der Waals surface area contributed by atoms with Gasteiger partial charge >= 0.3 is 0 Å². The Hall–Kier alpha value is -6.94. The maximum atomic E-state index is 3.67. The van der Waals surface area contributed by atoms with Crippen molar-refractivity contribution in [1.29, 1.82) is 0 Å². The van der Waals surface area contributed by atoms with E-state index < -0.39 is 0 Å². The molecule has 0 aliphatic heterocycles. The van der Waals surface area contributed by atoms with E-state index in [1.54, 1.807) is 0 Å². The molecule has 0 saturated heterocycles. The maximum absolute atomic E-state index is 3.67. The van der Waals surface area contributed by atoms with Crippen LogP contribution < -0.4 is 0 Å². The van der Waals surface area contributed by atoms with Gasteiger partial charge in [-0.05, 0) is 147 Å². The minimum atomic E-state index is -0.0745. The zero-order chi connectivity index (χ0) is 40.1. The van der Waals surface area contributed by atoms with Gasteiger partial charge in [-0.1, -0.05) is 139 Å². The molecular formula is C57H39BrN2. The van der Waals surface area contributed by atoms with Crippen LogP contribution in [0.1, 0.15) is 25.0 Å². The Morgan fingerprint density at radius 3 is 1.45 bits per heavy atom. The molecule has 11 aromatic rings. The molecule has 0 radical (unpaired) electrons. The number of aromatic nitrogens is 2. The molecule has 2 aromatic heterocycles. The minimum Gasteiger partial charge on any atom is -0.309 e. The fourth-order valence-electron chi connectivity index (χ4n) is 10.0. The Balaban J connectivity index is 1.03. The molecule has 0 spiro atoms. The molecule has 2 nitrogen and oxygen atoms in total. The van der Waals surface area contributed by atoms with Crippen LogP contribution in [-0.4, -0.2) is 9.13 Å². The summed E-state index contributed by atoms with van der Waals surface area (Å²) in [5.41, 5.74) is 19.7. The molecule has 0 unspecified atom stereocenters. The van der Waals surface area contributed by atoms with Gasteiger partial charge in [0.05, 0.1) is 22.1 Å². The first-order valence-corrected chi connectivity index (χ1v) is 21.5. The van der Waals surface area contributed by atoms with Gasteiger partial charge in [-0.2, -0.15) is 0 Å². The summed E-state index contributed by atoms with van der Waals surface area (Å²) in [4.78, 5) is 0. The molecule has 12 rings (SSSR count). The van der Waals surface area contributed by atoms with Crippen LogP contribution in [0.5, 0.6) is 0 Å². The number of rotatable bonds is 5. The average molecular weight is 832 g/mol. The molecule has 0 N–H and O–H groups in total. The lowest BCUT2D eigenvalue weighted by Crippen LogP contribution is -2.15. The van der Waals surface area contributed by atoms with Gasteiger partial charge in [-0.3, -0.25) is 0 Å². The first kappa shape index (κ1) is 35.0. The van der Waals surface area contributed by atoms with Crippen LogP contribution >= 0.6 is 15.9 Å². The lowest BCUT2D eigenvalue weighted by Gasteiger charge is -2.22. The van der Waals surface area contributed by atoms with Crippen molar-refractivity contribution in [2.24, 2.45) is 0 Å². The first-order valence-electron chi connectivity index (χ1n) is 20.7. The third-order valence-corrected chi connectivity index (χ3v) is 13.5. The SMILES string of the molecule is CC1(C)c2ccccc2-c2ccc(-n3c4ccccc4c4cc(-c5cc(-c6ccc(Br)cc6)cc(-c6ccc7c(c6)c6ccccc6n7-c6ccccc6)c5)ccc43)cc21. The van der Waals surface area contributed by atoms with Gasteiger partial charge in [0.15, 0.2) is 0 Å².